The van der Waals surface area contributed by atoms with Gasteiger partial charge in [0, 0.05) is 6.20 Å². The average Bonchev–Trinajstić information content (AvgIpc) is 2.58. The van der Waals surface area contributed by atoms with E-state index >= 15 is 0 Å². The molecular weight excluding hydrogens is 230 g/mol. The molecule has 0 unspecified atom stereocenters. The smallest absolute Gasteiger partial charge is 0.239 e. The van der Waals surface area contributed by atoms with Crippen molar-refractivity contribution in [3.8, 4) is 0 Å². The van der Waals surface area contributed by atoms with E-state index in [4.69, 9.17) is 12.2 Å². The maximum absolute atomic E-state index is 11.4. The molecule has 6 heteroatoms. The van der Waals surface area contributed by atoms with Crippen LogP contribution in [0, 0.1) is 0 Å². The Kier molecular flexibility index (Phi) is 3.17. The molecule has 1 N–H and O–H groups in total. The van der Waals surface area contributed by atoms with E-state index in [-0.39, 0.29) is 5.91 Å². The molecule has 0 aliphatic carbocycles. The van der Waals surface area contributed by atoms with Gasteiger partial charge < -0.3 is 5.32 Å². The number of hydrogen-bond donors (Lipinski definition) is 1. The summed E-state index contributed by atoms with van der Waals surface area (Å²) in [7, 11) is 0. The first-order chi connectivity index (χ1) is 7.27. The first kappa shape index (κ1) is 10.4. The summed E-state index contributed by atoms with van der Waals surface area (Å²) in [6, 6.07) is 5.57. The maximum Gasteiger partial charge on any atom is 0.239 e. The first-order valence-corrected chi connectivity index (χ1v) is 5.79. The molecule has 1 aromatic rings. The largest absolute Gasteiger partial charge is 0.352 e. The molecule has 1 aromatic heterocycles. The number of carbonyl (C=O) groups excluding carboxylic acids is 1. The van der Waals surface area contributed by atoms with Crippen LogP contribution in [-0.2, 0) is 4.79 Å². The van der Waals surface area contributed by atoms with Crippen molar-refractivity contribution < 1.29 is 4.79 Å². The number of rotatable bonds is 3. The van der Waals surface area contributed by atoms with Crippen molar-refractivity contribution >= 4 is 40.0 Å². The second-order valence-corrected chi connectivity index (χ2v) is 4.54. The highest BCUT2D eigenvalue weighted by Gasteiger charge is 2.25. The number of amides is 1. The zero-order chi connectivity index (χ0) is 10.7. The Hall–Kier alpha value is -1.14. The van der Waals surface area contributed by atoms with E-state index in [1.807, 2.05) is 18.2 Å². The standard InChI is InChI=1S/C9H9N3OS2/c13-8-5-15-9(14)12(8)6-11-7-3-1-2-4-10-7/h1-4H,5-6H2,(H,10,11). The number of pyridine rings is 1. The topological polar surface area (TPSA) is 45.2 Å². The number of nitrogens with zero attached hydrogens (tertiary/aromatic N) is 2. The van der Waals surface area contributed by atoms with Crippen molar-refractivity contribution in [3.63, 3.8) is 0 Å². The molecule has 1 fully saturated rings. The predicted octanol–water partition coefficient (Wildman–Crippen LogP) is 1.31. The summed E-state index contributed by atoms with van der Waals surface area (Å²) >= 11 is 6.44. The molecule has 15 heavy (non-hydrogen) atoms. The van der Waals surface area contributed by atoms with Crippen LogP contribution in [0.5, 0.6) is 0 Å². The van der Waals surface area contributed by atoms with Crippen LogP contribution in [0.4, 0.5) is 5.82 Å². The normalized spacial score (nSPS) is 15.9. The molecule has 78 valence electrons. The van der Waals surface area contributed by atoms with Gasteiger partial charge in [-0.3, -0.25) is 9.69 Å². The van der Waals surface area contributed by atoms with E-state index in [1.54, 1.807) is 11.1 Å². The van der Waals surface area contributed by atoms with E-state index in [9.17, 15) is 4.79 Å². The van der Waals surface area contributed by atoms with Gasteiger partial charge in [-0.2, -0.15) is 0 Å². The second kappa shape index (κ2) is 4.59. The second-order valence-electron chi connectivity index (χ2n) is 2.93. The van der Waals surface area contributed by atoms with Crippen molar-refractivity contribution in [2.75, 3.05) is 17.7 Å². The summed E-state index contributed by atoms with van der Waals surface area (Å²) in [5.74, 6) is 1.24. The third-order valence-corrected chi connectivity index (χ3v) is 3.36. The SMILES string of the molecule is O=C1CSC(=S)N1CNc1ccccn1. The zero-order valence-electron chi connectivity index (χ0n) is 7.84. The number of anilines is 1. The molecule has 0 spiro atoms. The number of nitrogens with one attached hydrogen (secondary N) is 1. The highest BCUT2D eigenvalue weighted by atomic mass is 32.2. The molecular formula is C9H9N3OS2. The van der Waals surface area contributed by atoms with Crippen LogP contribution < -0.4 is 5.32 Å². The van der Waals surface area contributed by atoms with Crippen molar-refractivity contribution in [3.05, 3.63) is 24.4 Å². The first-order valence-electron chi connectivity index (χ1n) is 4.39. The van der Waals surface area contributed by atoms with Gasteiger partial charge in [0.15, 0.2) is 0 Å². The number of aromatic nitrogens is 1. The molecule has 2 heterocycles. The lowest BCUT2D eigenvalue weighted by atomic mass is 10.5. The lowest BCUT2D eigenvalue weighted by Crippen LogP contribution is -2.33. The number of hydrogen-bond acceptors (Lipinski definition) is 5. The Bertz CT molecular complexity index is 366. The third-order valence-electron chi connectivity index (χ3n) is 1.92. The van der Waals surface area contributed by atoms with Crippen molar-refractivity contribution in [2.24, 2.45) is 0 Å². The van der Waals surface area contributed by atoms with Crippen LogP contribution in [0.15, 0.2) is 24.4 Å². The predicted molar refractivity (Wildman–Crippen MR) is 64.6 cm³/mol. The fourth-order valence-corrected chi connectivity index (χ4v) is 2.23. The Morgan fingerprint density at radius 3 is 3.07 bits per heavy atom. The molecule has 1 aliphatic rings. The van der Waals surface area contributed by atoms with Gasteiger partial charge in [0.05, 0.1) is 12.4 Å². The minimum atomic E-state index is 0.0495. The fraction of sp³-hybridized carbons (Fsp3) is 0.222. The van der Waals surface area contributed by atoms with Gasteiger partial charge in [0.25, 0.3) is 0 Å². The molecule has 1 aliphatic heterocycles. The van der Waals surface area contributed by atoms with E-state index in [1.165, 1.54) is 11.8 Å². The van der Waals surface area contributed by atoms with Crippen LogP contribution in [0.1, 0.15) is 0 Å². The summed E-state index contributed by atoms with van der Waals surface area (Å²) in [4.78, 5) is 17.0. The molecule has 4 nitrogen and oxygen atoms in total. The Labute approximate surface area is 97.1 Å². The quantitative estimate of drug-likeness (QED) is 0.806. The van der Waals surface area contributed by atoms with Crippen LogP contribution in [0.25, 0.3) is 0 Å². The van der Waals surface area contributed by atoms with Crippen LogP contribution in [0.3, 0.4) is 0 Å². The lowest BCUT2D eigenvalue weighted by molar-refractivity contribution is -0.123. The summed E-state index contributed by atoms with van der Waals surface area (Å²) in [6.45, 7) is 0.391. The van der Waals surface area contributed by atoms with Gasteiger partial charge in [-0.05, 0) is 12.1 Å². The van der Waals surface area contributed by atoms with Gasteiger partial charge in [-0.15, -0.1) is 0 Å². The van der Waals surface area contributed by atoms with Crippen LogP contribution in [-0.4, -0.2) is 32.5 Å². The van der Waals surface area contributed by atoms with Crippen molar-refractivity contribution in [1.29, 1.82) is 0 Å². The summed E-state index contributed by atoms with van der Waals surface area (Å²) in [6.07, 6.45) is 1.70. The van der Waals surface area contributed by atoms with Crippen LogP contribution in [0.2, 0.25) is 0 Å². The Morgan fingerprint density at radius 1 is 1.60 bits per heavy atom. The van der Waals surface area contributed by atoms with Gasteiger partial charge in [0.1, 0.15) is 10.1 Å². The summed E-state index contributed by atoms with van der Waals surface area (Å²) < 4.78 is 0.628. The fourth-order valence-electron chi connectivity index (χ4n) is 1.16. The molecule has 2 rings (SSSR count). The molecule has 0 bridgehead atoms. The Balaban J connectivity index is 1.93. The summed E-state index contributed by atoms with van der Waals surface area (Å²) in [5.41, 5.74) is 0. The van der Waals surface area contributed by atoms with Gasteiger partial charge in [0.2, 0.25) is 5.91 Å². The third kappa shape index (κ3) is 2.45. The minimum absolute atomic E-state index is 0.0495. The van der Waals surface area contributed by atoms with E-state index in [0.717, 1.165) is 5.82 Å². The van der Waals surface area contributed by atoms with Crippen molar-refractivity contribution in [1.82, 2.24) is 9.88 Å². The zero-order valence-corrected chi connectivity index (χ0v) is 9.48. The lowest BCUT2D eigenvalue weighted by Gasteiger charge is -2.15. The summed E-state index contributed by atoms with van der Waals surface area (Å²) in [5, 5.41) is 3.04. The van der Waals surface area contributed by atoms with Gasteiger partial charge in [-0.25, -0.2) is 4.98 Å². The molecule has 0 saturated carbocycles. The molecule has 1 saturated heterocycles. The molecule has 0 atom stereocenters. The van der Waals surface area contributed by atoms with E-state index < -0.39 is 0 Å². The van der Waals surface area contributed by atoms with Gasteiger partial charge in [-0.1, -0.05) is 30.0 Å². The van der Waals surface area contributed by atoms with Gasteiger partial charge >= 0.3 is 0 Å². The molecule has 0 radical (unpaired) electrons. The highest BCUT2D eigenvalue weighted by molar-refractivity contribution is 8.23. The Morgan fingerprint density at radius 2 is 2.47 bits per heavy atom. The number of carbonyl (C=O) groups is 1. The number of thioether (sulfide) groups is 1. The maximum atomic E-state index is 11.4. The monoisotopic (exact) mass is 239 g/mol. The molecule has 1 amide bonds. The number of thiocarbonyl (C=S) groups is 1. The molecule has 0 aromatic carbocycles. The van der Waals surface area contributed by atoms with Crippen molar-refractivity contribution in [2.45, 2.75) is 0 Å². The highest BCUT2D eigenvalue weighted by Crippen LogP contribution is 2.18. The van der Waals surface area contributed by atoms with E-state index in [0.29, 0.717) is 16.7 Å². The van der Waals surface area contributed by atoms with Crippen LogP contribution >= 0.6 is 24.0 Å². The minimum Gasteiger partial charge on any atom is -0.352 e. The van der Waals surface area contributed by atoms with E-state index in [2.05, 4.69) is 10.3 Å². The average molecular weight is 239 g/mol.